The predicted octanol–water partition coefficient (Wildman–Crippen LogP) is 4.12. The van der Waals surface area contributed by atoms with Crippen LogP contribution in [0.3, 0.4) is 0 Å². The average Bonchev–Trinajstić information content (AvgIpc) is 3.10. The number of hydrogen-bond donors (Lipinski definition) is 0. The van der Waals surface area contributed by atoms with Crippen LogP contribution in [-0.4, -0.2) is 20.6 Å². The Morgan fingerprint density at radius 2 is 1.06 bits per heavy atom. The smallest absolute Gasteiger partial charge is 0.0453 e. The number of hydrogen-bond acceptors (Lipinski definition) is 0. The van der Waals surface area contributed by atoms with E-state index in [1.165, 1.54) is 76.9 Å². The molecule has 0 aromatic carbocycles. The SMILES string of the molecule is CCCCCCCCCCCCCB1[B][B]1. The third kappa shape index (κ3) is 9.42. The third-order valence-corrected chi connectivity index (χ3v) is 3.61. The van der Waals surface area contributed by atoms with Crippen LogP contribution < -0.4 is 0 Å². The Morgan fingerprint density at radius 1 is 0.625 bits per heavy atom. The predicted molar refractivity (Wildman–Crippen MR) is 78.5 cm³/mol. The number of rotatable bonds is 12. The van der Waals surface area contributed by atoms with Gasteiger partial charge in [0.2, 0.25) is 0 Å². The molecule has 88 valence electrons. The van der Waals surface area contributed by atoms with Crippen molar-refractivity contribution < 1.29 is 0 Å². The summed E-state index contributed by atoms with van der Waals surface area (Å²) in [5.74, 6) is 0. The molecule has 0 aromatic rings. The molecule has 0 saturated carbocycles. The zero-order valence-electron chi connectivity index (χ0n) is 11.2. The Kier molecular flexibility index (Phi) is 9.23. The lowest BCUT2D eigenvalue weighted by atomic mass is 9.47. The maximum atomic E-state index is 2.33. The molecule has 0 N–H and O–H groups in total. The van der Waals surface area contributed by atoms with E-state index in [9.17, 15) is 0 Å². The Morgan fingerprint density at radius 3 is 1.50 bits per heavy atom. The van der Waals surface area contributed by atoms with Gasteiger partial charge in [-0.05, 0) is 0 Å². The van der Waals surface area contributed by atoms with Crippen molar-refractivity contribution in [2.75, 3.05) is 0 Å². The van der Waals surface area contributed by atoms with E-state index < -0.39 is 0 Å². The first kappa shape index (κ1) is 14.3. The van der Waals surface area contributed by atoms with Crippen LogP contribution in [0.5, 0.6) is 0 Å². The molecular formula is C13H27B3. The van der Waals surface area contributed by atoms with Crippen molar-refractivity contribution in [2.45, 2.75) is 83.9 Å². The standard InChI is InChI=1S/C13H27B3/c1-2-3-4-5-6-7-8-9-10-11-12-13-16-14-15-16/h2-13H2,1H3. The molecule has 1 aliphatic heterocycles. The van der Waals surface area contributed by atoms with Gasteiger partial charge in [0.1, 0.15) is 0 Å². The molecule has 1 saturated heterocycles. The monoisotopic (exact) mass is 216 g/mol. The van der Waals surface area contributed by atoms with Crippen molar-refractivity contribution in [3.63, 3.8) is 0 Å². The Bertz CT molecular complexity index is 146. The zero-order valence-corrected chi connectivity index (χ0v) is 11.2. The van der Waals surface area contributed by atoms with Gasteiger partial charge in [-0.2, -0.15) is 0 Å². The lowest BCUT2D eigenvalue weighted by molar-refractivity contribution is 0.554. The van der Waals surface area contributed by atoms with E-state index in [1.807, 2.05) is 0 Å². The third-order valence-electron chi connectivity index (χ3n) is 3.61. The molecule has 3 heteroatoms. The van der Waals surface area contributed by atoms with Crippen LogP contribution in [0.25, 0.3) is 0 Å². The minimum Gasteiger partial charge on any atom is -0.0902 e. The molecule has 16 heavy (non-hydrogen) atoms. The summed E-state index contributed by atoms with van der Waals surface area (Å²) in [5, 5.41) is 0. The van der Waals surface area contributed by atoms with Crippen LogP contribution in [0.1, 0.15) is 77.6 Å². The topological polar surface area (TPSA) is 0 Å². The summed E-state index contributed by atoms with van der Waals surface area (Å²) >= 11 is 0. The van der Waals surface area contributed by atoms with Gasteiger partial charge >= 0.3 is 0 Å². The summed E-state index contributed by atoms with van der Waals surface area (Å²) in [4.78, 5) is 0. The summed E-state index contributed by atoms with van der Waals surface area (Å²) < 4.78 is 0. The molecule has 0 aliphatic carbocycles. The van der Waals surface area contributed by atoms with Gasteiger partial charge in [-0.3, -0.25) is 0 Å². The highest BCUT2D eigenvalue weighted by Crippen LogP contribution is 2.13. The second kappa shape index (κ2) is 10.4. The fourth-order valence-electron chi connectivity index (χ4n) is 2.32. The number of unbranched alkanes of at least 4 members (excludes halogenated alkanes) is 10. The fourth-order valence-corrected chi connectivity index (χ4v) is 2.32. The summed E-state index contributed by atoms with van der Waals surface area (Å²) in [5.41, 5.74) is 0. The van der Waals surface area contributed by atoms with E-state index in [2.05, 4.69) is 21.0 Å². The van der Waals surface area contributed by atoms with Crippen LogP contribution in [0.4, 0.5) is 0 Å². The lowest BCUT2D eigenvalue weighted by Crippen LogP contribution is -1.91. The van der Waals surface area contributed by atoms with Crippen molar-refractivity contribution >= 4 is 20.6 Å². The Balaban J connectivity index is 1.61. The van der Waals surface area contributed by atoms with Crippen molar-refractivity contribution in [3.8, 4) is 0 Å². The molecule has 2 radical (unpaired) electrons. The van der Waals surface area contributed by atoms with Gasteiger partial charge in [-0.25, -0.2) is 0 Å². The first-order valence-electron chi connectivity index (χ1n) is 7.62. The molecule has 0 unspecified atom stereocenters. The second-order valence-electron chi connectivity index (χ2n) is 5.37. The van der Waals surface area contributed by atoms with E-state index in [-0.39, 0.29) is 0 Å². The summed E-state index contributed by atoms with van der Waals surface area (Å²) in [7, 11) is 4.66. The average molecular weight is 216 g/mol. The van der Waals surface area contributed by atoms with Crippen LogP contribution >= 0.6 is 0 Å². The largest absolute Gasteiger partial charge is 0.0902 e. The molecular weight excluding hydrogens is 189 g/mol. The highest BCUT2D eigenvalue weighted by Gasteiger charge is 2.24. The molecule has 1 fully saturated rings. The molecule has 0 aromatic heterocycles. The minimum atomic E-state index is 0.901. The molecule has 1 aliphatic rings. The van der Waals surface area contributed by atoms with Gasteiger partial charge in [0.15, 0.2) is 0 Å². The van der Waals surface area contributed by atoms with E-state index in [1.54, 1.807) is 0 Å². The van der Waals surface area contributed by atoms with Crippen LogP contribution in [0.2, 0.25) is 6.32 Å². The second-order valence-corrected chi connectivity index (χ2v) is 5.37. The van der Waals surface area contributed by atoms with Crippen molar-refractivity contribution in [3.05, 3.63) is 0 Å². The van der Waals surface area contributed by atoms with Gasteiger partial charge in [-0.1, -0.05) is 83.9 Å². The van der Waals surface area contributed by atoms with E-state index in [0.29, 0.717) is 0 Å². The summed E-state index contributed by atoms with van der Waals surface area (Å²) in [6, 6.07) is 0. The van der Waals surface area contributed by atoms with E-state index >= 15 is 0 Å². The summed E-state index contributed by atoms with van der Waals surface area (Å²) in [6.07, 6.45) is 17.5. The van der Waals surface area contributed by atoms with Gasteiger partial charge in [0, 0.05) is 20.6 Å². The maximum absolute atomic E-state index is 2.33. The fraction of sp³-hybridized carbons (Fsp3) is 1.00. The van der Waals surface area contributed by atoms with E-state index in [0.717, 1.165) is 6.49 Å². The highest BCUT2D eigenvalue weighted by atomic mass is 14.0. The van der Waals surface area contributed by atoms with Crippen LogP contribution in [-0.2, 0) is 0 Å². The maximum Gasteiger partial charge on any atom is 0.0453 e. The lowest BCUT2D eigenvalue weighted by Gasteiger charge is -2.02. The van der Waals surface area contributed by atoms with Crippen LogP contribution in [0.15, 0.2) is 0 Å². The molecule has 0 bridgehead atoms. The van der Waals surface area contributed by atoms with Crippen molar-refractivity contribution in [1.82, 2.24) is 0 Å². The summed E-state index contributed by atoms with van der Waals surface area (Å²) in [6.45, 7) is 3.19. The molecule has 0 atom stereocenters. The zero-order chi connectivity index (χ0) is 11.5. The van der Waals surface area contributed by atoms with Crippen molar-refractivity contribution in [2.24, 2.45) is 0 Å². The Labute approximate surface area is 105 Å². The van der Waals surface area contributed by atoms with Gasteiger partial charge in [0.25, 0.3) is 0 Å². The van der Waals surface area contributed by atoms with E-state index in [4.69, 9.17) is 0 Å². The molecule has 1 heterocycles. The molecule has 0 spiro atoms. The quantitative estimate of drug-likeness (QED) is 0.339. The Hall–Kier alpha value is 0.195. The molecule has 0 amide bonds. The first-order valence-corrected chi connectivity index (χ1v) is 7.62. The highest BCUT2D eigenvalue weighted by molar-refractivity contribution is 7.83. The first-order chi connectivity index (χ1) is 7.93. The minimum absolute atomic E-state index is 0.901. The molecule has 0 nitrogen and oxygen atoms in total. The van der Waals surface area contributed by atoms with Gasteiger partial charge in [0.05, 0.1) is 0 Å². The normalized spacial score (nSPS) is 13.4. The molecule has 1 rings (SSSR count). The van der Waals surface area contributed by atoms with Gasteiger partial charge < -0.3 is 0 Å². The van der Waals surface area contributed by atoms with Gasteiger partial charge in [-0.15, -0.1) is 0 Å². The van der Waals surface area contributed by atoms with Crippen molar-refractivity contribution in [1.29, 1.82) is 0 Å². The van der Waals surface area contributed by atoms with Crippen LogP contribution in [0, 0.1) is 0 Å².